The lowest BCUT2D eigenvalue weighted by atomic mass is 10.0. The number of piperazine rings is 1. The molecule has 154 valence electrons. The van der Waals surface area contributed by atoms with Gasteiger partial charge in [0.15, 0.2) is 0 Å². The van der Waals surface area contributed by atoms with Crippen molar-refractivity contribution in [2.75, 3.05) is 19.6 Å². The fourth-order valence-electron chi connectivity index (χ4n) is 3.01. The standard InChI is InChI=1S/C19H29N5O4/c1-13-14(2)24(18(27)28-19(3,4)5)11-10-23(13)16(25)6-7-22-17(26)15-12-20-8-9-21-15/h8-9,12-14H,6-7,10-11H2,1-5H3,(H,22,26)/t13-,14+/m1/s1. The fourth-order valence-corrected chi connectivity index (χ4v) is 3.01. The number of nitrogens with zero attached hydrogens (tertiary/aromatic N) is 4. The topological polar surface area (TPSA) is 105 Å². The number of hydrogen-bond acceptors (Lipinski definition) is 6. The predicted molar refractivity (Wildman–Crippen MR) is 103 cm³/mol. The largest absolute Gasteiger partial charge is 0.444 e. The highest BCUT2D eigenvalue weighted by Gasteiger charge is 2.37. The Hall–Kier alpha value is -2.71. The molecule has 28 heavy (non-hydrogen) atoms. The number of aromatic nitrogens is 2. The fraction of sp³-hybridized carbons (Fsp3) is 0.632. The summed E-state index contributed by atoms with van der Waals surface area (Å²) in [6, 6.07) is -0.314. The van der Waals surface area contributed by atoms with Crippen molar-refractivity contribution in [2.45, 2.75) is 58.7 Å². The van der Waals surface area contributed by atoms with E-state index in [1.165, 1.54) is 18.6 Å². The molecule has 1 aliphatic heterocycles. The molecule has 0 aromatic carbocycles. The molecule has 3 amide bonds. The van der Waals surface area contributed by atoms with Gasteiger partial charge in [-0.15, -0.1) is 0 Å². The minimum absolute atomic E-state index is 0.0670. The van der Waals surface area contributed by atoms with Crippen LogP contribution in [-0.2, 0) is 9.53 Å². The first kappa shape index (κ1) is 21.6. The van der Waals surface area contributed by atoms with Crippen LogP contribution < -0.4 is 5.32 Å². The summed E-state index contributed by atoms with van der Waals surface area (Å²) in [5, 5.41) is 2.67. The second-order valence-electron chi connectivity index (χ2n) is 7.84. The molecule has 0 aliphatic carbocycles. The van der Waals surface area contributed by atoms with Gasteiger partial charge < -0.3 is 19.9 Å². The zero-order chi connectivity index (χ0) is 20.9. The third-order valence-corrected chi connectivity index (χ3v) is 4.63. The van der Waals surface area contributed by atoms with E-state index in [1.807, 2.05) is 34.6 Å². The van der Waals surface area contributed by atoms with Gasteiger partial charge in [-0.3, -0.25) is 14.6 Å². The van der Waals surface area contributed by atoms with Gasteiger partial charge in [-0.05, 0) is 34.6 Å². The molecule has 0 spiro atoms. The molecule has 1 aliphatic rings. The van der Waals surface area contributed by atoms with Gasteiger partial charge in [0.05, 0.1) is 12.2 Å². The lowest BCUT2D eigenvalue weighted by molar-refractivity contribution is -0.137. The van der Waals surface area contributed by atoms with E-state index < -0.39 is 5.60 Å². The second-order valence-corrected chi connectivity index (χ2v) is 7.84. The van der Waals surface area contributed by atoms with Crippen LogP contribution in [0.4, 0.5) is 4.79 Å². The lowest BCUT2D eigenvalue weighted by Crippen LogP contribution is -2.61. The number of carbonyl (C=O) groups excluding carboxylic acids is 3. The summed E-state index contributed by atoms with van der Waals surface area (Å²) in [7, 11) is 0. The van der Waals surface area contributed by atoms with Crippen LogP contribution >= 0.6 is 0 Å². The third-order valence-electron chi connectivity index (χ3n) is 4.63. The quantitative estimate of drug-likeness (QED) is 0.833. The number of ether oxygens (including phenoxy) is 1. The maximum atomic E-state index is 12.6. The minimum atomic E-state index is -0.561. The SMILES string of the molecule is C[C@@H]1[C@H](C)N(C(=O)OC(C)(C)C)CCN1C(=O)CCNC(=O)c1cnccn1. The number of nitrogens with one attached hydrogen (secondary N) is 1. The second kappa shape index (κ2) is 8.99. The van der Waals surface area contributed by atoms with Crippen molar-refractivity contribution in [1.82, 2.24) is 25.1 Å². The molecule has 2 heterocycles. The molecule has 1 aromatic heterocycles. The van der Waals surface area contributed by atoms with E-state index in [-0.39, 0.29) is 48.7 Å². The van der Waals surface area contributed by atoms with Crippen LogP contribution in [-0.4, -0.2) is 75.0 Å². The molecule has 0 unspecified atom stereocenters. The average molecular weight is 391 g/mol. The molecule has 1 fully saturated rings. The highest BCUT2D eigenvalue weighted by Crippen LogP contribution is 2.20. The van der Waals surface area contributed by atoms with Crippen LogP contribution in [0.5, 0.6) is 0 Å². The van der Waals surface area contributed by atoms with Crippen molar-refractivity contribution in [3.63, 3.8) is 0 Å². The Morgan fingerprint density at radius 2 is 1.79 bits per heavy atom. The lowest BCUT2D eigenvalue weighted by Gasteiger charge is -2.45. The van der Waals surface area contributed by atoms with Gasteiger partial charge in [-0.25, -0.2) is 9.78 Å². The van der Waals surface area contributed by atoms with E-state index in [4.69, 9.17) is 4.74 Å². The van der Waals surface area contributed by atoms with Crippen LogP contribution in [0.15, 0.2) is 18.6 Å². The van der Waals surface area contributed by atoms with Crippen LogP contribution in [0.1, 0.15) is 51.5 Å². The normalized spacial score (nSPS) is 19.9. The molecule has 1 saturated heterocycles. The molecule has 0 radical (unpaired) electrons. The third kappa shape index (κ3) is 5.64. The van der Waals surface area contributed by atoms with Crippen molar-refractivity contribution in [3.8, 4) is 0 Å². The molecule has 2 rings (SSSR count). The molecule has 0 bridgehead atoms. The smallest absolute Gasteiger partial charge is 0.410 e. The summed E-state index contributed by atoms with van der Waals surface area (Å²) in [5.74, 6) is -0.431. The average Bonchev–Trinajstić information content (AvgIpc) is 2.62. The molecule has 1 aromatic rings. The van der Waals surface area contributed by atoms with Crippen LogP contribution in [0, 0.1) is 0 Å². The molecule has 0 saturated carbocycles. The van der Waals surface area contributed by atoms with Gasteiger partial charge in [-0.1, -0.05) is 0 Å². The Morgan fingerprint density at radius 1 is 1.14 bits per heavy atom. The van der Waals surface area contributed by atoms with Gasteiger partial charge in [0, 0.05) is 44.5 Å². The Bertz CT molecular complexity index is 704. The van der Waals surface area contributed by atoms with E-state index in [0.29, 0.717) is 13.1 Å². The summed E-state index contributed by atoms with van der Waals surface area (Å²) < 4.78 is 5.45. The van der Waals surface area contributed by atoms with Crippen LogP contribution in [0.25, 0.3) is 0 Å². The highest BCUT2D eigenvalue weighted by molar-refractivity contribution is 5.92. The Balaban J connectivity index is 1.85. The first-order chi connectivity index (χ1) is 13.1. The molecule has 1 N–H and O–H groups in total. The zero-order valence-corrected chi connectivity index (χ0v) is 17.1. The van der Waals surface area contributed by atoms with E-state index in [0.717, 1.165) is 0 Å². The molecular formula is C19H29N5O4. The van der Waals surface area contributed by atoms with E-state index in [9.17, 15) is 14.4 Å². The maximum absolute atomic E-state index is 12.6. The van der Waals surface area contributed by atoms with Gasteiger partial charge >= 0.3 is 6.09 Å². The van der Waals surface area contributed by atoms with Gasteiger partial charge in [0.25, 0.3) is 5.91 Å². The van der Waals surface area contributed by atoms with Gasteiger partial charge in [-0.2, -0.15) is 0 Å². The van der Waals surface area contributed by atoms with Gasteiger partial charge in [0.1, 0.15) is 11.3 Å². The van der Waals surface area contributed by atoms with Crippen LogP contribution in [0.2, 0.25) is 0 Å². The van der Waals surface area contributed by atoms with E-state index in [1.54, 1.807) is 9.80 Å². The zero-order valence-electron chi connectivity index (χ0n) is 17.1. The number of amides is 3. The minimum Gasteiger partial charge on any atom is -0.444 e. The molecule has 9 heteroatoms. The monoisotopic (exact) mass is 391 g/mol. The van der Waals surface area contributed by atoms with Crippen molar-refractivity contribution in [3.05, 3.63) is 24.3 Å². The maximum Gasteiger partial charge on any atom is 0.410 e. The molecular weight excluding hydrogens is 362 g/mol. The van der Waals surface area contributed by atoms with Gasteiger partial charge in [0.2, 0.25) is 5.91 Å². The summed E-state index contributed by atoms with van der Waals surface area (Å²) in [6.07, 6.45) is 4.11. The van der Waals surface area contributed by atoms with E-state index >= 15 is 0 Å². The van der Waals surface area contributed by atoms with Crippen molar-refractivity contribution in [2.24, 2.45) is 0 Å². The molecule has 2 atom stereocenters. The Labute approximate surface area is 165 Å². The molecule has 9 nitrogen and oxygen atoms in total. The van der Waals surface area contributed by atoms with E-state index in [2.05, 4.69) is 15.3 Å². The summed E-state index contributed by atoms with van der Waals surface area (Å²) in [5.41, 5.74) is -0.350. The number of hydrogen-bond donors (Lipinski definition) is 1. The summed E-state index contributed by atoms with van der Waals surface area (Å²) >= 11 is 0. The first-order valence-electron chi connectivity index (χ1n) is 9.43. The van der Waals surface area contributed by atoms with Crippen molar-refractivity contribution < 1.29 is 19.1 Å². The summed E-state index contributed by atoms with van der Waals surface area (Å²) in [4.78, 5) is 48.1. The Kier molecular flexibility index (Phi) is 6.93. The first-order valence-corrected chi connectivity index (χ1v) is 9.43. The Morgan fingerprint density at radius 3 is 2.39 bits per heavy atom. The van der Waals surface area contributed by atoms with Crippen LogP contribution in [0.3, 0.4) is 0 Å². The summed E-state index contributed by atoms with van der Waals surface area (Å²) in [6.45, 7) is 10.4. The number of rotatable bonds is 4. The number of carbonyl (C=O) groups is 3. The highest BCUT2D eigenvalue weighted by atomic mass is 16.6. The van der Waals surface area contributed by atoms with Crippen molar-refractivity contribution >= 4 is 17.9 Å². The van der Waals surface area contributed by atoms with Crippen molar-refractivity contribution in [1.29, 1.82) is 0 Å². The predicted octanol–water partition coefficient (Wildman–Crippen LogP) is 1.45.